The summed E-state index contributed by atoms with van der Waals surface area (Å²) < 4.78 is 10.7. The Morgan fingerprint density at radius 1 is 1.47 bits per heavy atom. The van der Waals surface area contributed by atoms with Crippen molar-refractivity contribution in [3.63, 3.8) is 0 Å². The second-order valence-electron chi connectivity index (χ2n) is 3.71. The van der Waals surface area contributed by atoms with Crippen molar-refractivity contribution in [1.29, 1.82) is 0 Å². The fourth-order valence-corrected chi connectivity index (χ4v) is 1.99. The second kappa shape index (κ2) is 4.29. The molecule has 1 aromatic carbocycles. The SMILES string of the molecule is CC(CCN)c1cc(Cl)cc2c1OCO2. The van der Waals surface area contributed by atoms with Crippen LogP contribution in [0.1, 0.15) is 24.8 Å². The molecule has 4 heteroatoms. The van der Waals surface area contributed by atoms with Crippen LogP contribution in [0.5, 0.6) is 11.5 Å². The first-order chi connectivity index (χ1) is 7.22. The summed E-state index contributed by atoms with van der Waals surface area (Å²) in [6, 6.07) is 3.71. The highest BCUT2D eigenvalue weighted by molar-refractivity contribution is 6.30. The molecule has 82 valence electrons. The molecule has 15 heavy (non-hydrogen) atoms. The Hall–Kier alpha value is -0.930. The monoisotopic (exact) mass is 227 g/mol. The van der Waals surface area contributed by atoms with Gasteiger partial charge in [-0.3, -0.25) is 0 Å². The fraction of sp³-hybridized carbons (Fsp3) is 0.455. The molecule has 0 saturated carbocycles. The molecule has 1 heterocycles. The molecule has 1 aromatic rings. The summed E-state index contributed by atoms with van der Waals surface area (Å²) in [6.45, 7) is 3.04. The van der Waals surface area contributed by atoms with E-state index < -0.39 is 0 Å². The largest absolute Gasteiger partial charge is 0.454 e. The third kappa shape index (κ3) is 2.03. The van der Waals surface area contributed by atoms with Crippen molar-refractivity contribution in [2.75, 3.05) is 13.3 Å². The van der Waals surface area contributed by atoms with Crippen molar-refractivity contribution in [3.05, 3.63) is 22.7 Å². The van der Waals surface area contributed by atoms with Gasteiger partial charge in [-0.05, 0) is 24.9 Å². The van der Waals surface area contributed by atoms with Gasteiger partial charge in [0.2, 0.25) is 6.79 Å². The molecule has 0 aromatic heterocycles. The Morgan fingerprint density at radius 2 is 2.27 bits per heavy atom. The zero-order valence-electron chi connectivity index (χ0n) is 8.63. The number of rotatable bonds is 3. The lowest BCUT2D eigenvalue weighted by Crippen LogP contribution is -2.05. The molecule has 1 aliphatic heterocycles. The number of benzene rings is 1. The number of hydrogen-bond donors (Lipinski definition) is 1. The zero-order valence-corrected chi connectivity index (χ0v) is 9.38. The fourth-order valence-electron chi connectivity index (χ4n) is 1.77. The van der Waals surface area contributed by atoms with Gasteiger partial charge in [-0.25, -0.2) is 0 Å². The van der Waals surface area contributed by atoms with Crippen LogP contribution in [-0.4, -0.2) is 13.3 Å². The minimum Gasteiger partial charge on any atom is -0.454 e. The smallest absolute Gasteiger partial charge is 0.231 e. The molecule has 1 atom stereocenters. The van der Waals surface area contributed by atoms with E-state index in [1.807, 2.05) is 6.07 Å². The average Bonchev–Trinajstić information content (AvgIpc) is 2.64. The predicted molar refractivity (Wildman–Crippen MR) is 59.7 cm³/mol. The Balaban J connectivity index is 2.37. The van der Waals surface area contributed by atoms with Gasteiger partial charge < -0.3 is 15.2 Å². The summed E-state index contributed by atoms with van der Waals surface area (Å²) in [4.78, 5) is 0. The summed E-state index contributed by atoms with van der Waals surface area (Å²) in [5.41, 5.74) is 6.63. The first-order valence-corrected chi connectivity index (χ1v) is 5.39. The van der Waals surface area contributed by atoms with Gasteiger partial charge in [0, 0.05) is 16.7 Å². The average molecular weight is 228 g/mol. The van der Waals surface area contributed by atoms with Crippen LogP contribution in [-0.2, 0) is 0 Å². The molecule has 0 amide bonds. The second-order valence-corrected chi connectivity index (χ2v) is 4.14. The maximum atomic E-state index is 6.01. The lowest BCUT2D eigenvalue weighted by Gasteiger charge is -2.13. The Morgan fingerprint density at radius 3 is 3.00 bits per heavy atom. The van der Waals surface area contributed by atoms with E-state index in [0.717, 1.165) is 23.5 Å². The van der Waals surface area contributed by atoms with E-state index in [0.29, 0.717) is 17.5 Å². The minimum atomic E-state index is 0.276. The summed E-state index contributed by atoms with van der Waals surface area (Å²) in [7, 11) is 0. The normalized spacial score (nSPS) is 15.4. The van der Waals surface area contributed by atoms with E-state index >= 15 is 0 Å². The third-order valence-corrected chi connectivity index (χ3v) is 2.81. The quantitative estimate of drug-likeness (QED) is 0.863. The van der Waals surface area contributed by atoms with Crippen molar-refractivity contribution in [2.45, 2.75) is 19.3 Å². The molecule has 2 rings (SSSR count). The molecule has 1 unspecified atom stereocenters. The molecule has 1 aliphatic rings. The van der Waals surface area contributed by atoms with Crippen LogP contribution < -0.4 is 15.2 Å². The van der Waals surface area contributed by atoms with E-state index in [4.69, 9.17) is 26.8 Å². The van der Waals surface area contributed by atoms with Crippen molar-refractivity contribution < 1.29 is 9.47 Å². The van der Waals surface area contributed by atoms with Gasteiger partial charge in [-0.15, -0.1) is 0 Å². The lowest BCUT2D eigenvalue weighted by atomic mass is 9.96. The van der Waals surface area contributed by atoms with Gasteiger partial charge >= 0.3 is 0 Å². The highest BCUT2D eigenvalue weighted by Crippen LogP contribution is 2.42. The molecule has 0 spiro atoms. The van der Waals surface area contributed by atoms with Crippen molar-refractivity contribution >= 4 is 11.6 Å². The Bertz CT molecular complexity index is 368. The van der Waals surface area contributed by atoms with Crippen LogP contribution in [0, 0.1) is 0 Å². The maximum Gasteiger partial charge on any atom is 0.231 e. The number of hydrogen-bond acceptors (Lipinski definition) is 3. The van der Waals surface area contributed by atoms with Crippen LogP contribution >= 0.6 is 11.6 Å². The molecule has 0 saturated heterocycles. The van der Waals surface area contributed by atoms with Gasteiger partial charge in [-0.2, -0.15) is 0 Å². The standard InChI is InChI=1S/C11H14ClNO2/c1-7(2-3-13)9-4-8(12)5-10-11(9)15-6-14-10/h4-5,7H,2-3,6,13H2,1H3. The highest BCUT2D eigenvalue weighted by Gasteiger charge is 2.21. The highest BCUT2D eigenvalue weighted by atomic mass is 35.5. The van der Waals surface area contributed by atoms with E-state index in [9.17, 15) is 0 Å². The Labute approximate surface area is 94.1 Å². The summed E-state index contributed by atoms with van der Waals surface area (Å²) in [5, 5.41) is 0.679. The third-order valence-electron chi connectivity index (χ3n) is 2.60. The molecule has 0 aliphatic carbocycles. The summed E-state index contributed by atoms with van der Waals surface area (Å²) in [5.74, 6) is 1.89. The van der Waals surface area contributed by atoms with E-state index in [-0.39, 0.29) is 6.79 Å². The first kappa shape index (κ1) is 10.6. The maximum absolute atomic E-state index is 6.01. The van der Waals surface area contributed by atoms with E-state index in [1.54, 1.807) is 6.07 Å². The lowest BCUT2D eigenvalue weighted by molar-refractivity contribution is 0.173. The van der Waals surface area contributed by atoms with Crippen LogP contribution in [0.15, 0.2) is 12.1 Å². The molecular weight excluding hydrogens is 214 g/mol. The molecule has 0 bridgehead atoms. The van der Waals surface area contributed by atoms with Crippen LogP contribution in [0.3, 0.4) is 0 Å². The molecule has 0 fully saturated rings. The van der Waals surface area contributed by atoms with E-state index in [2.05, 4.69) is 6.92 Å². The molecular formula is C11H14ClNO2. The van der Waals surface area contributed by atoms with Crippen LogP contribution in [0.2, 0.25) is 5.02 Å². The topological polar surface area (TPSA) is 44.5 Å². The van der Waals surface area contributed by atoms with Gasteiger partial charge in [0.1, 0.15) is 0 Å². The van der Waals surface area contributed by atoms with E-state index in [1.165, 1.54) is 0 Å². The zero-order chi connectivity index (χ0) is 10.8. The van der Waals surface area contributed by atoms with Crippen LogP contribution in [0.4, 0.5) is 0 Å². The minimum absolute atomic E-state index is 0.276. The number of fused-ring (bicyclic) bond motifs is 1. The number of ether oxygens (including phenoxy) is 2. The van der Waals surface area contributed by atoms with Gasteiger partial charge in [-0.1, -0.05) is 18.5 Å². The van der Waals surface area contributed by atoms with Crippen molar-refractivity contribution in [2.24, 2.45) is 5.73 Å². The number of nitrogens with two attached hydrogens (primary N) is 1. The predicted octanol–water partition coefficient (Wildman–Crippen LogP) is 2.52. The summed E-state index contributed by atoms with van der Waals surface area (Å²) in [6.07, 6.45) is 0.913. The first-order valence-electron chi connectivity index (χ1n) is 5.01. The Kier molecular flexibility index (Phi) is 3.03. The van der Waals surface area contributed by atoms with Crippen LogP contribution in [0.25, 0.3) is 0 Å². The molecule has 0 radical (unpaired) electrons. The molecule has 3 nitrogen and oxygen atoms in total. The van der Waals surface area contributed by atoms with Crippen molar-refractivity contribution in [1.82, 2.24) is 0 Å². The van der Waals surface area contributed by atoms with Gasteiger partial charge in [0.05, 0.1) is 0 Å². The van der Waals surface area contributed by atoms with Crippen molar-refractivity contribution in [3.8, 4) is 11.5 Å². The van der Waals surface area contributed by atoms with Gasteiger partial charge in [0.15, 0.2) is 11.5 Å². The molecule has 2 N–H and O–H groups in total. The summed E-state index contributed by atoms with van der Waals surface area (Å²) >= 11 is 6.01. The van der Waals surface area contributed by atoms with Gasteiger partial charge in [0.25, 0.3) is 0 Å². The number of halogens is 1.